The third-order valence-corrected chi connectivity index (χ3v) is 28.4. The summed E-state index contributed by atoms with van der Waals surface area (Å²) in [4.78, 5) is 28.4. The van der Waals surface area contributed by atoms with Crippen LogP contribution in [-0.2, 0) is 56.3 Å². The van der Waals surface area contributed by atoms with Gasteiger partial charge < -0.3 is 56.6 Å². The van der Waals surface area contributed by atoms with Gasteiger partial charge in [0.25, 0.3) is 0 Å². The second kappa shape index (κ2) is 22.4. The van der Waals surface area contributed by atoms with Gasteiger partial charge in [0.1, 0.15) is 42.4 Å². The quantitative estimate of drug-likeness (QED) is 0.134. The summed E-state index contributed by atoms with van der Waals surface area (Å²) in [5, 5.41) is 11.8. The lowest BCUT2D eigenvalue weighted by Gasteiger charge is -2.47. The predicted octanol–water partition coefficient (Wildman–Crippen LogP) is 10.3. The van der Waals surface area contributed by atoms with Crippen molar-refractivity contribution in [2.24, 2.45) is 11.8 Å². The topological polar surface area (TPSA) is 156 Å². The van der Waals surface area contributed by atoms with E-state index in [1.165, 1.54) is 0 Å². The molecule has 0 aliphatic carbocycles. The molecule has 420 valence electrons. The SMILES string of the molecule is C=C1C[C@@H](OC(=O)c2ccccc2)CC[C@@]23C[C@H]4O[C@@H]5[C@@H](OC6CCC(CC(=O)CC7C(C[C@H]8OC(CC[C@H]1O)CC(C)C8=C)OC(CC(CO[Si](C)(C)C(C)(C)C)O[Si](C)(C)C(C)(C)C)[C@@H]7OC)O[C@@H]6[C@@H]5O2)[C@H]4O3. The molecule has 75 heavy (non-hydrogen) atoms. The number of aliphatic hydroxyl groups is 1. The molecule has 9 heterocycles. The summed E-state index contributed by atoms with van der Waals surface area (Å²) in [6.45, 7) is 34.3. The van der Waals surface area contributed by atoms with Crippen LogP contribution in [0.5, 0.6) is 0 Å². The van der Waals surface area contributed by atoms with Gasteiger partial charge in [-0.25, -0.2) is 4.79 Å². The number of carbonyl (C=O) groups excluding carboxylic acids is 2. The van der Waals surface area contributed by atoms with Gasteiger partial charge in [0.05, 0.1) is 73.2 Å². The van der Waals surface area contributed by atoms with E-state index >= 15 is 0 Å². The smallest absolute Gasteiger partial charge is 0.338 e. The van der Waals surface area contributed by atoms with Crippen molar-refractivity contribution in [1.82, 2.24) is 0 Å². The van der Waals surface area contributed by atoms with Crippen LogP contribution in [0.2, 0.25) is 36.3 Å². The average Bonchev–Trinajstić information content (AvgIpc) is 3.91. The highest BCUT2D eigenvalue weighted by atomic mass is 28.4. The number of rotatable bonds is 10. The molecule has 10 bridgehead atoms. The molecule has 1 aromatic carbocycles. The molecule has 8 unspecified atom stereocenters. The highest BCUT2D eigenvalue weighted by molar-refractivity contribution is 6.74. The molecule has 1 spiro atoms. The Kier molecular flexibility index (Phi) is 17.2. The first-order chi connectivity index (χ1) is 35.2. The van der Waals surface area contributed by atoms with Gasteiger partial charge in [0, 0.05) is 58.0 Å². The molecule has 10 rings (SSSR count). The Morgan fingerprint density at radius 3 is 2.16 bits per heavy atom. The Morgan fingerprint density at radius 1 is 0.773 bits per heavy atom. The van der Waals surface area contributed by atoms with Gasteiger partial charge in [-0.3, -0.25) is 4.79 Å². The van der Waals surface area contributed by atoms with Crippen LogP contribution in [0.3, 0.4) is 0 Å². The zero-order valence-corrected chi connectivity index (χ0v) is 49.3. The minimum absolute atomic E-state index is 0.0201. The van der Waals surface area contributed by atoms with E-state index in [2.05, 4.69) is 87.8 Å². The molecule has 9 aliphatic rings. The van der Waals surface area contributed by atoms with Gasteiger partial charge in [-0.1, -0.05) is 79.8 Å². The maximum Gasteiger partial charge on any atom is 0.338 e. The van der Waals surface area contributed by atoms with Crippen LogP contribution >= 0.6 is 0 Å². The molecule has 9 saturated heterocycles. The molecule has 0 aromatic heterocycles. The first-order valence-electron chi connectivity index (χ1n) is 28.5. The molecule has 1 aromatic rings. The van der Waals surface area contributed by atoms with Crippen LogP contribution in [0, 0.1) is 11.8 Å². The first kappa shape index (κ1) is 57.5. The minimum Gasteiger partial charge on any atom is -0.458 e. The second-order valence-corrected chi connectivity index (χ2v) is 36.3. The summed E-state index contributed by atoms with van der Waals surface area (Å²) in [5.41, 5.74) is 2.03. The van der Waals surface area contributed by atoms with Crippen LogP contribution in [-0.4, -0.2) is 151 Å². The normalized spacial score (nSPS) is 40.4. The van der Waals surface area contributed by atoms with Crippen molar-refractivity contribution in [2.75, 3.05) is 13.7 Å². The lowest BCUT2D eigenvalue weighted by Crippen LogP contribution is -2.61. The first-order valence-corrected chi connectivity index (χ1v) is 34.3. The minimum atomic E-state index is -2.28. The maximum absolute atomic E-state index is 14.8. The van der Waals surface area contributed by atoms with Crippen LogP contribution in [0.15, 0.2) is 54.6 Å². The van der Waals surface area contributed by atoms with E-state index in [0.29, 0.717) is 75.5 Å². The van der Waals surface area contributed by atoms with E-state index in [9.17, 15) is 14.7 Å². The summed E-state index contributed by atoms with van der Waals surface area (Å²) in [5.74, 6) is -1.52. The van der Waals surface area contributed by atoms with E-state index in [1.54, 1.807) is 19.2 Å². The summed E-state index contributed by atoms with van der Waals surface area (Å²) < 4.78 is 75.6. The molecule has 1 N–H and O–H groups in total. The van der Waals surface area contributed by atoms with Crippen molar-refractivity contribution < 1.29 is 66.2 Å². The molecule has 19 atom stereocenters. The lowest BCUT2D eigenvalue weighted by molar-refractivity contribution is -0.292. The molecule has 0 radical (unpaired) electrons. The average molecular weight is 1080 g/mol. The number of methoxy groups -OCH3 is 1. The number of Topliss-reactive ketones (excluding diaryl/α,β-unsaturated/α-hetero) is 1. The van der Waals surface area contributed by atoms with Crippen molar-refractivity contribution in [3.8, 4) is 0 Å². The Bertz CT molecular complexity index is 2190. The Morgan fingerprint density at radius 2 is 1.45 bits per heavy atom. The lowest BCUT2D eigenvalue weighted by atomic mass is 9.81. The van der Waals surface area contributed by atoms with Crippen LogP contribution < -0.4 is 0 Å². The molecule has 0 saturated carbocycles. The van der Waals surface area contributed by atoms with E-state index in [1.807, 2.05) is 18.2 Å². The number of hydrogen-bond acceptors (Lipinski definition) is 14. The van der Waals surface area contributed by atoms with Crippen LogP contribution in [0.1, 0.15) is 142 Å². The number of fused-ring (bicyclic) bond motifs is 4. The van der Waals surface area contributed by atoms with E-state index in [0.717, 1.165) is 12.0 Å². The van der Waals surface area contributed by atoms with Gasteiger partial charge in [-0.2, -0.15) is 0 Å². The fourth-order valence-electron chi connectivity index (χ4n) is 12.8. The Hall–Kier alpha value is -2.17. The number of ketones is 1. The predicted molar refractivity (Wildman–Crippen MR) is 289 cm³/mol. The van der Waals surface area contributed by atoms with Crippen molar-refractivity contribution in [3.63, 3.8) is 0 Å². The highest BCUT2D eigenvalue weighted by Crippen LogP contribution is 2.54. The standard InChI is InChI=1S/C59H92O14Si2/c1-34-26-39-20-22-44(61)35(2)27-41(67-56(62)37-18-16-15-17-19-37)24-25-59-32-49-52(71-59)53-54(70-49)55(72-59)51-45(69-53)23-21-40(66-51)28-38(60)29-43-47(31-46(65-39)36(34)3)68-48(50(43)63-10)30-42(73-75(13,14)58(7,8)9)33-64-74(11,12)57(4,5)6/h15-19,34,39-55,61H,2-3,20-33H2,1,4-14H3/t34?,39?,40?,41-,42?,43?,44+,45?,46+,47?,48?,49+,50+,51-,52-,53-,54+,55-,59-/m0/s1. The van der Waals surface area contributed by atoms with Crippen molar-refractivity contribution in [3.05, 3.63) is 60.2 Å². The molecule has 16 heteroatoms. The van der Waals surface area contributed by atoms with Gasteiger partial charge in [0.2, 0.25) is 0 Å². The summed E-state index contributed by atoms with van der Waals surface area (Å²) in [6.07, 6.45) is 0.0300. The van der Waals surface area contributed by atoms with E-state index < -0.39 is 58.9 Å². The van der Waals surface area contributed by atoms with Crippen molar-refractivity contribution >= 4 is 28.4 Å². The molecule has 9 fully saturated rings. The zero-order valence-electron chi connectivity index (χ0n) is 47.3. The van der Waals surface area contributed by atoms with Crippen LogP contribution in [0.4, 0.5) is 0 Å². The van der Waals surface area contributed by atoms with Gasteiger partial charge in [-0.15, -0.1) is 0 Å². The Balaban J connectivity index is 1.00. The fraction of sp³-hybridized carbons (Fsp3) is 0.797. The fourth-order valence-corrected chi connectivity index (χ4v) is 15.2. The third-order valence-electron chi connectivity index (χ3n) is 19.4. The van der Waals surface area contributed by atoms with Gasteiger partial charge >= 0.3 is 5.97 Å². The van der Waals surface area contributed by atoms with Crippen molar-refractivity contribution in [2.45, 2.75) is 272 Å². The van der Waals surface area contributed by atoms with E-state index in [4.69, 9.17) is 51.5 Å². The van der Waals surface area contributed by atoms with Crippen molar-refractivity contribution in [1.29, 1.82) is 0 Å². The summed E-state index contributed by atoms with van der Waals surface area (Å²) in [6, 6.07) is 8.96. The molecule has 9 aliphatic heterocycles. The highest BCUT2D eigenvalue weighted by Gasteiger charge is 2.69. The third kappa shape index (κ3) is 12.4. The second-order valence-electron chi connectivity index (χ2n) is 26.8. The van der Waals surface area contributed by atoms with Gasteiger partial charge in [0.15, 0.2) is 22.4 Å². The van der Waals surface area contributed by atoms with E-state index in [-0.39, 0.29) is 114 Å². The Labute approximate surface area is 450 Å². The monoisotopic (exact) mass is 1080 g/mol. The van der Waals surface area contributed by atoms with Crippen LogP contribution in [0.25, 0.3) is 0 Å². The number of ether oxygens (including phenoxy) is 9. The maximum atomic E-state index is 14.8. The molecule has 14 nitrogen and oxygen atoms in total. The number of carbonyl (C=O) groups is 2. The molecule has 0 amide bonds. The number of esters is 1. The van der Waals surface area contributed by atoms with Gasteiger partial charge in [-0.05, 0) is 104 Å². The zero-order chi connectivity index (χ0) is 54.0. The summed E-state index contributed by atoms with van der Waals surface area (Å²) in [7, 11) is -2.69. The number of benzene rings is 1. The molecular weight excluding hydrogens is 989 g/mol. The largest absolute Gasteiger partial charge is 0.458 e. The molecular formula is C59H92O14Si2. The number of hydrogen-bond donors (Lipinski definition) is 1. The number of aliphatic hydroxyl groups excluding tert-OH is 1. The summed E-state index contributed by atoms with van der Waals surface area (Å²) >= 11 is 0.